The monoisotopic (exact) mass is 167 g/mol. The Kier molecular flexibility index (Phi) is 2.40. The van der Waals surface area contributed by atoms with Crippen LogP contribution in [0.2, 0.25) is 0 Å². The largest absolute Gasteiger partial charge is 0.384 e. The van der Waals surface area contributed by atoms with Crippen LogP contribution in [0.4, 0.5) is 5.82 Å². The number of aryl methyl sites for hydroxylation is 2. The highest BCUT2D eigenvalue weighted by molar-refractivity contribution is 5.36. The fraction of sp³-hybridized carbons (Fsp3) is 0.667. The third-order valence-electron chi connectivity index (χ3n) is 1.93. The predicted octanol–water partition coefficient (Wildman–Crippen LogP) is 1.74. The summed E-state index contributed by atoms with van der Waals surface area (Å²) in [5.41, 5.74) is 6.79. The lowest BCUT2D eigenvalue weighted by Crippen LogP contribution is -2.09. The van der Waals surface area contributed by atoms with E-state index in [9.17, 15) is 0 Å². The average molecular weight is 167 g/mol. The van der Waals surface area contributed by atoms with Crippen molar-refractivity contribution >= 4 is 5.82 Å². The lowest BCUT2D eigenvalue weighted by atomic mass is 10.2. The van der Waals surface area contributed by atoms with Crippen LogP contribution in [0.5, 0.6) is 0 Å². The number of hydrogen-bond acceptors (Lipinski definition) is 2. The van der Waals surface area contributed by atoms with Crippen molar-refractivity contribution in [3.8, 4) is 0 Å². The molecule has 0 saturated carbocycles. The van der Waals surface area contributed by atoms with Crippen molar-refractivity contribution in [2.45, 2.75) is 34.2 Å². The number of rotatable bonds is 2. The van der Waals surface area contributed by atoms with Gasteiger partial charge >= 0.3 is 0 Å². The van der Waals surface area contributed by atoms with E-state index in [1.54, 1.807) is 0 Å². The minimum absolute atomic E-state index is 0.611. The molecule has 0 radical (unpaired) electrons. The average Bonchev–Trinajstić information content (AvgIpc) is 2.16. The van der Waals surface area contributed by atoms with E-state index in [1.165, 1.54) is 0 Å². The zero-order chi connectivity index (χ0) is 9.30. The third-order valence-corrected chi connectivity index (χ3v) is 1.93. The molecule has 0 aliphatic rings. The second-order valence-corrected chi connectivity index (χ2v) is 3.63. The minimum Gasteiger partial charge on any atom is -0.384 e. The standard InChI is InChI=1S/C9H17N3/c1-6(2)5-12-8(4)11-7(3)9(12)10/h6H,5,10H2,1-4H3. The Hall–Kier alpha value is -0.990. The Morgan fingerprint density at radius 2 is 2.00 bits per heavy atom. The molecule has 3 nitrogen and oxygen atoms in total. The molecule has 0 unspecified atom stereocenters. The molecular formula is C9H17N3. The lowest BCUT2D eigenvalue weighted by Gasteiger charge is -2.09. The van der Waals surface area contributed by atoms with E-state index in [1.807, 2.05) is 13.8 Å². The summed E-state index contributed by atoms with van der Waals surface area (Å²) in [6.07, 6.45) is 0. The fourth-order valence-corrected chi connectivity index (χ4v) is 1.33. The first-order valence-electron chi connectivity index (χ1n) is 4.31. The van der Waals surface area contributed by atoms with E-state index in [0.29, 0.717) is 5.92 Å². The Morgan fingerprint density at radius 3 is 2.33 bits per heavy atom. The third kappa shape index (κ3) is 1.60. The summed E-state index contributed by atoms with van der Waals surface area (Å²) in [6.45, 7) is 9.24. The van der Waals surface area contributed by atoms with Crippen LogP contribution in [0.3, 0.4) is 0 Å². The summed E-state index contributed by atoms with van der Waals surface area (Å²) < 4.78 is 2.07. The van der Waals surface area contributed by atoms with Crippen LogP contribution < -0.4 is 5.73 Å². The molecule has 1 aromatic rings. The highest BCUT2D eigenvalue weighted by Gasteiger charge is 2.08. The van der Waals surface area contributed by atoms with E-state index in [4.69, 9.17) is 5.73 Å². The zero-order valence-electron chi connectivity index (χ0n) is 8.26. The molecule has 0 aliphatic carbocycles. The Balaban J connectivity index is 2.97. The molecule has 1 rings (SSSR count). The Labute approximate surface area is 73.6 Å². The minimum atomic E-state index is 0.611. The van der Waals surface area contributed by atoms with Crippen molar-refractivity contribution in [2.75, 3.05) is 5.73 Å². The first-order valence-corrected chi connectivity index (χ1v) is 4.31. The summed E-state index contributed by atoms with van der Waals surface area (Å²) in [7, 11) is 0. The smallest absolute Gasteiger partial charge is 0.126 e. The van der Waals surface area contributed by atoms with Crippen LogP contribution >= 0.6 is 0 Å². The Bertz CT molecular complexity index is 274. The molecule has 0 fully saturated rings. The molecule has 68 valence electrons. The molecule has 12 heavy (non-hydrogen) atoms. The van der Waals surface area contributed by atoms with Gasteiger partial charge in [0.1, 0.15) is 11.6 Å². The van der Waals surface area contributed by atoms with Gasteiger partial charge in [-0.1, -0.05) is 13.8 Å². The Morgan fingerprint density at radius 1 is 1.42 bits per heavy atom. The van der Waals surface area contributed by atoms with Gasteiger partial charge in [-0.15, -0.1) is 0 Å². The van der Waals surface area contributed by atoms with Crippen LogP contribution in [-0.2, 0) is 6.54 Å². The van der Waals surface area contributed by atoms with E-state index in [-0.39, 0.29) is 0 Å². The van der Waals surface area contributed by atoms with Crippen LogP contribution in [0.15, 0.2) is 0 Å². The van der Waals surface area contributed by atoms with Gasteiger partial charge in [-0.05, 0) is 19.8 Å². The molecule has 0 bridgehead atoms. The zero-order valence-corrected chi connectivity index (χ0v) is 8.26. The van der Waals surface area contributed by atoms with Gasteiger partial charge in [0, 0.05) is 6.54 Å². The van der Waals surface area contributed by atoms with Gasteiger partial charge in [-0.25, -0.2) is 4.98 Å². The van der Waals surface area contributed by atoms with E-state index in [0.717, 1.165) is 23.9 Å². The molecule has 0 saturated heterocycles. The number of nitrogens with two attached hydrogens (primary N) is 1. The van der Waals surface area contributed by atoms with Gasteiger partial charge in [0.15, 0.2) is 0 Å². The number of hydrogen-bond donors (Lipinski definition) is 1. The van der Waals surface area contributed by atoms with Crippen LogP contribution in [-0.4, -0.2) is 9.55 Å². The van der Waals surface area contributed by atoms with Gasteiger partial charge in [-0.2, -0.15) is 0 Å². The van der Waals surface area contributed by atoms with Crippen molar-refractivity contribution in [3.05, 3.63) is 11.5 Å². The predicted molar refractivity (Wildman–Crippen MR) is 51.0 cm³/mol. The summed E-state index contributed by atoms with van der Waals surface area (Å²) in [5.74, 6) is 2.43. The quantitative estimate of drug-likeness (QED) is 0.729. The molecule has 1 aromatic heterocycles. The number of anilines is 1. The van der Waals surface area contributed by atoms with Crippen molar-refractivity contribution in [3.63, 3.8) is 0 Å². The molecule has 0 spiro atoms. The molecule has 0 atom stereocenters. The first-order chi connectivity index (χ1) is 5.52. The van der Waals surface area contributed by atoms with Crippen molar-refractivity contribution in [1.29, 1.82) is 0 Å². The van der Waals surface area contributed by atoms with Crippen LogP contribution in [0, 0.1) is 19.8 Å². The van der Waals surface area contributed by atoms with E-state index < -0.39 is 0 Å². The molecule has 0 amide bonds. The SMILES string of the molecule is Cc1nc(C)n(CC(C)C)c1N. The first kappa shape index (κ1) is 9.10. The highest BCUT2D eigenvalue weighted by Crippen LogP contribution is 2.14. The number of imidazole rings is 1. The number of nitrogens with zero attached hydrogens (tertiary/aromatic N) is 2. The lowest BCUT2D eigenvalue weighted by molar-refractivity contribution is 0.518. The van der Waals surface area contributed by atoms with Crippen molar-refractivity contribution < 1.29 is 0 Å². The summed E-state index contributed by atoms with van der Waals surface area (Å²) in [5, 5.41) is 0. The molecule has 3 heteroatoms. The topological polar surface area (TPSA) is 43.8 Å². The van der Waals surface area contributed by atoms with Crippen LogP contribution in [0.1, 0.15) is 25.4 Å². The van der Waals surface area contributed by atoms with Gasteiger partial charge in [0.05, 0.1) is 5.69 Å². The molecular weight excluding hydrogens is 150 g/mol. The second kappa shape index (κ2) is 3.17. The maximum atomic E-state index is 5.85. The summed E-state index contributed by atoms with van der Waals surface area (Å²) >= 11 is 0. The van der Waals surface area contributed by atoms with Crippen molar-refractivity contribution in [1.82, 2.24) is 9.55 Å². The summed E-state index contributed by atoms with van der Waals surface area (Å²) in [6, 6.07) is 0. The van der Waals surface area contributed by atoms with Gasteiger partial charge in [0.25, 0.3) is 0 Å². The number of nitrogen functional groups attached to an aromatic ring is 1. The maximum absolute atomic E-state index is 5.85. The molecule has 0 aromatic carbocycles. The second-order valence-electron chi connectivity index (χ2n) is 3.63. The van der Waals surface area contributed by atoms with Gasteiger partial charge in [0.2, 0.25) is 0 Å². The van der Waals surface area contributed by atoms with Crippen molar-refractivity contribution in [2.24, 2.45) is 5.92 Å². The number of aromatic nitrogens is 2. The van der Waals surface area contributed by atoms with E-state index >= 15 is 0 Å². The maximum Gasteiger partial charge on any atom is 0.126 e. The molecule has 0 aliphatic heterocycles. The van der Waals surface area contributed by atoms with Gasteiger partial charge < -0.3 is 10.3 Å². The highest BCUT2D eigenvalue weighted by atomic mass is 15.1. The molecule has 1 heterocycles. The summed E-state index contributed by atoms with van der Waals surface area (Å²) in [4.78, 5) is 4.30. The van der Waals surface area contributed by atoms with E-state index in [2.05, 4.69) is 23.4 Å². The fourth-order valence-electron chi connectivity index (χ4n) is 1.33. The van der Waals surface area contributed by atoms with Crippen LogP contribution in [0.25, 0.3) is 0 Å². The normalized spacial score (nSPS) is 11.1. The van der Waals surface area contributed by atoms with Gasteiger partial charge in [-0.3, -0.25) is 0 Å². The molecule has 2 N–H and O–H groups in total.